The number of rotatable bonds is 6. The molecule has 0 amide bonds. The number of aliphatic hydroxyl groups is 1. The summed E-state index contributed by atoms with van der Waals surface area (Å²) in [4.78, 5) is 0. The summed E-state index contributed by atoms with van der Waals surface area (Å²) in [5.41, 5.74) is 0.827. The van der Waals surface area contributed by atoms with Crippen molar-refractivity contribution in [3.05, 3.63) is 29.8 Å². The van der Waals surface area contributed by atoms with E-state index in [0.717, 1.165) is 5.56 Å². The van der Waals surface area contributed by atoms with Crippen LogP contribution in [0.4, 0.5) is 0 Å². The summed E-state index contributed by atoms with van der Waals surface area (Å²) in [6.07, 6.45) is 1.20. The Morgan fingerprint density at radius 2 is 1.88 bits per heavy atom. The molecule has 17 heavy (non-hydrogen) atoms. The van der Waals surface area contributed by atoms with Gasteiger partial charge in [-0.15, -0.1) is 0 Å². The van der Waals surface area contributed by atoms with E-state index in [1.165, 1.54) is 6.26 Å². The molecule has 1 rings (SSSR count). The van der Waals surface area contributed by atoms with Crippen LogP contribution in [0.15, 0.2) is 24.3 Å². The maximum Gasteiger partial charge on any atom is 0.147 e. The molecule has 0 heterocycles. The highest BCUT2D eigenvalue weighted by molar-refractivity contribution is 7.90. The van der Waals surface area contributed by atoms with Crippen LogP contribution in [0.1, 0.15) is 25.0 Å². The fourth-order valence-corrected chi connectivity index (χ4v) is 2.00. The van der Waals surface area contributed by atoms with Gasteiger partial charge < -0.3 is 9.84 Å². The minimum absolute atomic E-state index is 0.138. The van der Waals surface area contributed by atoms with Crippen LogP contribution in [-0.2, 0) is 9.84 Å². The van der Waals surface area contributed by atoms with Crippen LogP contribution in [0.2, 0.25) is 0 Å². The van der Waals surface area contributed by atoms with Gasteiger partial charge in [0.1, 0.15) is 15.6 Å². The van der Waals surface area contributed by atoms with Crippen molar-refractivity contribution in [1.82, 2.24) is 0 Å². The van der Waals surface area contributed by atoms with Crippen LogP contribution in [0.25, 0.3) is 0 Å². The van der Waals surface area contributed by atoms with Gasteiger partial charge in [-0.3, -0.25) is 0 Å². The maximum atomic E-state index is 10.9. The van der Waals surface area contributed by atoms with Crippen LogP contribution in [0.3, 0.4) is 0 Å². The van der Waals surface area contributed by atoms with Gasteiger partial charge in [-0.25, -0.2) is 8.42 Å². The molecule has 0 aliphatic carbocycles. The molecule has 0 aromatic heterocycles. The van der Waals surface area contributed by atoms with Gasteiger partial charge in [-0.05, 0) is 31.0 Å². The van der Waals surface area contributed by atoms with Crippen LogP contribution < -0.4 is 4.74 Å². The zero-order chi connectivity index (χ0) is 12.9. The topological polar surface area (TPSA) is 63.6 Å². The van der Waals surface area contributed by atoms with Crippen molar-refractivity contribution in [3.8, 4) is 5.75 Å². The van der Waals surface area contributed by atoms with Gasteiger partial charge in [-0.1, -0.05) is 12.1 Å². The minimum Gasteiger partial charge on any atom is -0.494 e. The molecule has 5 heteroatoms. The first kappa shape index (κ1) is 14.0. The van der Waals surface area contributed by atoms with Gasteiger partial charge in [0.15, 0.2) is 0 Å². The highest BCUT2D eigenvalue weighted by Crippen LogP contribution is 2.17. The van der Waals surface area contributed by atoms with Gasteiger partial charge in [0.25, 0.3) is 0 Å². The smallest absolute Gasteiger partial charge is 0.147 e. The Morgan fingerprint density at radius 3 is 2.35 bits per heavy atom. The van der Waals surface area contributed by atoms with Crippen LogP contribution in [0, 0.1) is 0 Å². The van der Waals surface area contributed by atoms with E-state index in [0.29, 0.717) is 18.8 Å². The lowest BCUT2D eigenvalue weighted by atomic mass is 10.1. The Bertz CT molecular complexity index is 434. The Morgan fingerprint density at radius 1 is 1.29 bits per heavy atom. The highest BCUT2D eigenvalue weighted by atomic mass is 32.2. The monoisotopic (exact) mass is 258 g/mol. The fourth-order valence-electron chi connectivity index (χ4n) is 1.35. The predicted octanol–water partition coefficient (Wildman–Crippen LogP) is 1.55. The number of benzene rings is 1. The van der Waals surface area contributed by atoms with Gasteiger partial charge >= 0.3 is 0 Å². The summed E-state index contributed by atoms with van der Waals surface area (Å²) in [5.74, 6) is 0.821. The van der Waals surface area contributed by atoms with Gasteiger partial charge in [0.2, 0.25) is 0 Å². The number of hydrogen-bond acceptors (Lipinski definition) is 4. The molecule has 0 saturated heterocycles. The molecule has 0 bridgehead atoms. The van der Waals surface area contributed by atoms with Gasteiger partial charge in [0.05, 0.1) is 18.5 Å². The molecule has 0 aliphatic heterocycles. The average molecular weight is 258 g/mol. The molecule has 0 radical (unpaired) electrons. The molecule has 1 aromatic carbocycles. The van der Waals surface area contributed by atoms with Crippen molar-refractivity contribution in [2.24, 2.45) is 0 Å². The lowest BCUT2D eigenvalue weighted by Gasteiger charge is -2.08. The quantitative estimate of drug-likeness (QED) is 0.786. The highest BCUT2D eigenvalue weighted by Gasteiger charge is 2.03. The Labute approximate surface area is 102 Å². The molecule has 0 spiro atoms. The number of aliphatic hydroxyl groups excluding tert-OH is 1. The summed E-state index contributed by atoms with van der Waals surface area (Å²) < 4.78 is 27.1. The average Bonchev–Trinajstić information content (AvgIpc) is 2.24. The second-order valence-corrected chi connectivity index (χ2v) is 6.34. The van der Waals surface area contributed by atoms with E-state index in [4.69, 9.17) is 4.74 Å². The Balaban J connectivity index is 2.37. The third-order valence-corrected chi connectivity index (χ3v) is 3.32. The van der Waals surface area contributed by atoms with E-state index >= 15 is 0 Å². The molecule has 0 unspecified atom stereocenters. The Hall–Kier alpha value is -1.07. The SMILES string of the molecule is C[C@@H](O)c1ccc(OCCCS(C)(=O)=O)cc1. The molecule has 4 nitrogen and oxygen atoms in total. The number of sulfone groups is 1. The van der Waals surface area contributed by atoms with Crippen molar-refractivity contribution in [1.29, 1.82) is 0 Å². The van der Waals surface area contributed by atoms with E-state index in [2.05, 4.69) is 0 Å². The summed E-state index contributed by atoms with van der Waals surface area (Å²) in [6, 6.07) is 7.11. The first-order valence-corrected chi connectivity index (χ1v) is 7.53. The molecular weight excluding hydrogens is 240 g/mol. The maximum absolute atomic E-state index is 10.9. The standard InChI is InChI=1S/C12H18O4S/c1-10(13)11-4-6-12(7-5-11)16-8-3-9-17(2,14)15/h4-7,10,13H,3,8-9H2,1-2H3/t10-/m1/s1. The third-order valence-electron chi connectivity index (χ3n) is 2.29. The zero-order valence-corrected chi connectivity index (χ0v) is 10.9. The summed E-state index contributed by atoms with van der Waals surface area (Å²) >= 11 is 0. The van der Waals surface area contributed by atoms with Gasteiger partial charge in [0, 0.05) is 6.26 Å². The molecule has 0 aliphatic rings. The van der Waals surface area contributed by atoms with Crippen molar-refractivity contribution in [3.63, 3.8) is 0 Å². The molecule has 1 atom stereocenters. The van der Waals surface area contributed by atoms with E-state index in [9.17, 15) is 13.5 Å². The summed E-state index contributed by atoms with van der Waals surface area (Å²) in [7, 11) is -2.91. The summed E-state index contributed by atoms with van der Waals surface area (Å²) in [5, 5.41) is 9.31. The molecule has 1 N–H and O–H groups in total. The first-order chi connectivity index (χ1) is 7.88. The van der Waals surface area contributed by atoms with E-state index in [1.54, 1.807) is 31.2 Å². The third kappa shape index (κ3) is 5.70. The molecule has 96 valence electrons. The van der Waals surface area contributed by atoms with Crippen molar-refractivity contribution >= 4 is 9.84 Å². The number of hydrogen-bond donors (Lipinski definition) is 1. The lowest BCUT2D eigenvalue weighted by Crippen LogP contribution is -2.08. The second-order valence-electron chi connectivity index (χ2n) is 4.08. The van der Waals surface area contributed by atoms with Gasteiger partial charge in [-0.2, -0.15) is 0 Å². The van der Waals surface area contributed by atoms with Crippen molar-refractivity contribution < 1.29 is 18.3 Å². The predicted molar refractivity (Wildman–Crippen MR) is 66.9 cm³/mol. The number of ether oxygens (including phenoxy) is 1. The second kappa shape index (κ2) is 6.02. The van der Waals surface area contributed by atoms with E-state index in [1.807, 2.05) is 0 Å². The van der Waals surface area contributed by atoms with Crippen molar-refractivity contribution in [2.75, 3.05) is 18.6 Å². The lowest BCUT2D eigenvalue weighted by molar-refractivity contribution is 0.199. The zero-order valence-electron chi connectivity index (χ0n) is 10.1. The normalized spacial score (nSPS) is 13.4. The minimum atomic E-state index is -2.91. The molecular formula is C12H18O4S. The van der Waals surface area contributed by atoms with E-state index < -0.39 is 15.9 Å². The largest absolute Gasteiger partial charge is 0.494 e. The van der Waals surface area contributed by atoms with Crippen molar-refractivity contribution in [2.45, 2.75) is 19.4 Å². The summed E-state index contributed by atoms with van der Waals surface area (Å²) in [6.45, 7) is 2.07. The van der Waals surface area contributed by atoms with Crippen LogP contribution >= 0.6 is 0 Å². The molecule has 1 aromatic rings. The molecule has 0 saturated carbocycles. The van der Waals surface area contributed by atoms with E-state index in [-0.39, 0.29) is 5.75 Å². The first-order valence-electron chi connectivity index (χ1n) is 5.47. The molecule has 0 fully saturated rings. The fraction of sp³-hybridized carbons (Fsp3) is 0.500. The Kier molecular flexibility index (Phi) is 4.96. The van der Waals surface area contributed by atoms with Crippen LogP contribution in [-0.4, -0.2) is 32.1 Å². The van der Waals surface area contributed by atoms with Crippen LogP contribution in [0.5, 0.6) is 5.75 Å².